The van der Waals surface area contributed by atoms with Crippen LogP contribution in [0.4, 0.5) is 0 Å². The minimum atomic E-state index is 0.393. The number of aromatic nitrogens is 2. The number of thiazole rings is 1. The molecule has 1 aromatic carbocycles. The zero-order chi connectivity index (χ0) is 14.8. The van der Waals surface area contributed by atoms with Crippen molar-refractivity contribution in [1.29, 1.82) is 0 Å². The summed E-state index contributed by atoms with van der Waals surface area (Å²) in [5.41, 5.74) is 0.962. The molecular formula is C14H13Cl2N3OS. The van der Waals surface area contributed by atoms with Crippen molar-refractivity contribution >= 4 is 39.5 Å². The lowest BCUT2D eigenvalue weighted by molar-refractivity contribution is 0.456. The molecule has 0 aliphatic rings. The van der Waals surface area contributed by atoms with Crippen LogP contribution in [0.5, 0.6) is 11.6 Å². The first kappa shape index (κ1) is 14.7. The van der Waals surface area contributed by atoms with E-state index >= 15 is 0 Å². The number of nitrogens with zero attached hydrogens (tertiary/aromatic N) is 2. The molecule has 1 N–H and O–H groups in total. The van der Waals surface area contributed by atoms with E-state index in [-0.39, 0.29) is 0 Å². The lowest BCUT2D eigenvalue weighted by atomic mass is 10.3. The minimum Gasteiger partial charge on any atom is -0.436 e. The molecule has 0 spiro atoms. The van der Waals surface area contributed by atoms with Gasteiger partial charge in [0, 0.05) is 18.1 Å². The van der Waals surface area contributed by atoms with E-state index in [1.165, 1.54) is 0 Å². The Labute approximate surface area is 136 Å². The topological polar surface area (TPSA) is 38.6 Å². The summed E-state index contributed by atoms with van der Waals surface area (Å²) >= 11 is 13.7. The summed E-state index contributed by atoms with van der Waals surface area (Å²) in [6, 6.07) is 5.30. The molecule has 0 aliphatic heterocycles. The first-order valence-electron chi connectivity index (χ1n) is 6.47. The third-order valence-corrected chi connectivity index (χ3v) is 4.55. The zero-order valence-electron chi connectivity index (χ0n) is 11.3. The van der Waals surface area contributed by atoms with Gasteiger partial charge in [-0.1, -0.05) is 36.2 Å². The lowest BCUT2D eigenvalue weighted by Crippen LogP contribution is -2.13. The predicted octanol–water partition coefficient (Wildman–Crippen LogP) is 4.60. The fourth-order valence-electron chi connectivity index (χ4n) is 1.97. The number of hydrogen-bond donors (Lipinski definition) is 1. The average molecular weight is 342 g/mol. The molecule has 0 saturated carbocycles. The molecule has 0 radical (unpaired) electrons. The van der Waals surface area contributed by atoms with E-state index < -0.39 is 0 Å². The summed E-state index contributed by atoms with van der Waals surface area (Å²) in [4.78, 5) is 5.39. The van der Waals surface area contributed by atoms with Gasteiger partial charge in [0.05, 0.1) is 5.02 Å². The van der Waals surface area contributed by atoms with Gasteiger partial charge in [0.2, 0.25) is 5.88 Å². The van der Waals surface area contributed by atoms with E-state index in [4.69, 9.17) is 27.9 Å². The molecule has 2 heterocycles. The van der Waals surface area contributed by atoms with Gasteiger partial charge in [-0.3, -0.25) is 4.40 Å². The number of halogens is 2. The molecular weight excluding hydrogens is 329 g/mol. The molecule has 0 aliphatic carbocycles. The average Bonchev–Trinajstić information content (AvgIpc) is 3.03. The summed E-state index contributed by atoms with van der Waals surface area (Å²) in [5, 5.41) is 6.14. The Kier molecular flexibility index (Phi) is 4.35. The van der Waals surface area contributed by atoms with Crippen molar-refractivity contribution in [2.24, 2.45) is 0 Å². The molecule has 0 unspecified atom stereocenters. The summed E-state index contributed by atoms with van der Waals surface area (Å²) < 4.78 is 7.89. The molecule has 3 rings (SSSR count). The number of benzene rings is 1. The molecule has 0 fully saturated rings. The smallest absolute Gasteiger partial charge is 0.243 e. The Balaban J connectivity index is 1.99. The van der Waals surface area contributed by atoms with E-state index in [9.17, 15) is 0 Å². The lowest BCUT2D eigenvalue weighted by Gasteiger charge is -2.08. The van der Waals surface area contributed by atoms with Crippen molar-refractivity contribution in [3.63, 3.8) is 0 Å². The second-order valence-electron chi connectivity index (χ2n) is 4.35. The number of fused-ring (bicyclic) bond motifs is 1. The van der Waals surface area contributed by atoms with Crippen LogP contribution in [-0.2, 0) is 6.54 Å². The van der Waals surface area contributed by atoms with Gasteiger partial charge >= 0.3 is 0 Å². The number of rotatable bonds is 5. The van der Waals surface area contributed by atoms with Crippen LogP contribution in [0.2, 0.25) is 10.0 Å². The standard InChI is InChI=1S/C14H13Cl2N3OS/c1-2-17-8-10-13(18-14-19(10)6-7-21-14)20-11-5-3-4-9(15)12(11)16/h3-7,17H,2,8H2,1H3. The highest BCUT2D eigenvalue weighted by Gasteiger charge is 2.16. The molecule has 110 valence electrons. The summed E-state index contributed by atoms with van der Waals surface area (Å²) in [7, 11) is 0. The maximum atomic E-state index is 6.17. The van der Waals surface area contributed by atoms with Crippen LogP contribution in [-0.4, -0.2) is 15.9 Å². The Hall–Kier alpha value is -1.27. The van der Waals surface area contributed by atoms with Crippen LogP contribution in [0.25, 0.3) is 4.96 Å². The highest BCUT2D eigenvalue weighted by molar-refractivity contribution is 7.15. The Morgan fingerprint density at radius 1 is 1.38 bits per heavy atom. The van der Waals surface area contributed by atoms with Crippen molar-refractivity contribution in [2.75, 3.05) is 6.54 Å². The molecule has 21 heavy (non-hydrogen) atoms. The van der Waals surface area contributed by atoms with Gasteiger partial charge in [-0.2, -0.15) is 4.98 Å². The predicted molar refractivity (Wildman–Crippen MR) is 87.0 cm³/mol. The van der Waals surface area contributed by atoms with E-state index in [1.54, 1.807) is 29.5 Å². The largest absolute Gasteiger partial charge is 0.436 e. The van der Waals surface area contributed by atoms with Crippen LogP contribution >= 0.6 is 34.5 Å². The Bertz CT molecular complexity index is 769. The van der Waals surface area contributed by atoms with Gasteiger partial charge in [-0.15, -0.1) is 11.3 Å². The highest BCUT2D eigenvalue weighted by atomic mass is 35.5. The van der Waals surface area contributed by atoms with Gasteiger partial charge < -0.3 is 10.1 Å². The third-order valence-electron chi connectivity index (χ3n) is 2.99. The number of ether oxygens (including phenoxy) is 1. The van der Waals surface area contributed by atoms with Gasteiger partial charge in [-0.05, 0) is 18.7 Å². The third kappa shape index (κ3) is 2.87. The van der Waals surface area contributed by atoms with Gasteiger partial charge in [0.25, 0.3) is 0 Å². The minimum absolute atomic E-state index is 0.393. The second kappa shape index (κ2) is 6.23. The monoisotopic (exact) mass is 341 g/mol. The number of hydrogen-bond acceptors (Lipinski definition) is 4. The number of imidazole rings is 1. The molecule has 0 atom stereocenters. The van der Waals surface area contributed by atoms with Crippen molar-refractivity contribution < 1.29 is 4.74 Å². The van der Waals surface area contributed by atoms with Gasteiger partial charge in [0.1, 0.15) is 16.5 Å². The summed E-state index contributed by atoms with van der Waals surface area (Å²) in [6.45, 7) is 3.59. The van der Waals surface area contributed by atoms with E-state index in [0.29, 0.717) is 28.2 Å². The van der Waals surface area contributed by atoms with Gasteiger partial charge in [-0.25, -0.2) is 0 Å². The molecule has 7 heteroatoms. The van der Waals surface area contributed by atoms with Crippen LogP contribution in [0.1, 0.15) is 12.6 Å². The quantitative estimate of drug-likeness (QED) is 0.736. The molecule has 3 aromatic rings. The number of nitrogens with one attached hydrogen (secondary N) is 1. The molecule has 0 amide bonds. The van der Waals surface area contributed by atoms with E-state index in [0.717, 1.165) is 17.2 Å². The normalized spacial score (nSPS) is 11.2. The Morgan fingerprint density at radius 3 is 3.05 bits per heavy atom. The Morgan fingerprint density at radius 2 is 2.24 bits per heavy atom. The van der Waals surface area contributed by atoms with E-state index in [1.807, 2.05) is 16.0 Å². The maximum absolute atomic E-state index is 6.17. The second-order valence-corrected chi connectivity index (χ2v) is 6.01. The molecule has 4 nitrogen and oxygen atoms in total. The fourth-order valence-corrected chi connectivity index (χ4v) is 3.02. The van der Waals surface area contributed by atoms with Crippen molar-refractivity contribution in [1.82, 2.24) is 14.7 Å². The maximum Gasteiger partial charge on any atom is 0.243 e. The first-order chi connectivity index (χ1) is 10.2. The van der Waals surface area contributed by atoms with Crippen molar-refractivity contribution in [3.05, 3.63) is 45.5 Å². The van der Waals surface area contributed by atoms with Gasteiger partial charge in [0.15, 0.2) is 4.96 Å². The SMILES string of the molecule is CCNCc1c(Oc2cccc(Cl)c2Cl)nc2sccn12. The van der Waals surface area contributed by atoms with Crippen molar-refractivity contribution in [3.8, 4) is 11.6 Å². The molecule has 0 bridgehead atoms. The first-order valence-corrected chi connectivity index (χ1v) is 8.11. The summed E-state index contributed by atoms with van der Waals surface area (Å²) in [6.07, 6.45) is 1.98. The van der Waals surface area contributed by atoms with Crippen LogP contribution < -0.4 is 10.1 Å². The van der Waals surface area contributed by atoms with Crippen molar-refractivity contribution in [2.45, 2.75) is 13.5 Å². The van der Waals surface area contributed by atoms with Crippen LogP contribution in [0, 0.1) is 0 Å². The highest BCUT2D eigenvalue weighted by Crippen LogP contribution is 2.36. The van der Waals surface area contributed by atoms with E-state index in [2.05, 4.69) is 17.2 Å². The summed E-state index contributed by atoms with van der Waals surface area (Å²) in [5.74, 6) is 1.06. The molecule has 2 aromatic heterocycles. The van der Waals surface area contributed by atoms with Crippen LogP contribution in [0.15, 0.2) is 29.8 Å². The fraction of sp³-hybridized carbons (Fsp3) is 0.214. The molecule has 0 saturated heterocycles. The van der Waals surface area contributed by atoms with Crippen LogP contribution in [0.3, 0.4) is 0 Å². The zero-order valence-corrected chi connectivity index (χ0v) is 13.6.